The van der Waals surface area contributed by atoms with E-state index in [4.69, 9.17) is 4.74 Å². The Hall–Kier alpha value is -2.49. The average Bonchev–Trinajstić information content (AvgIpc) is 2.51. The standard InChI is InChI=1S/C18H20O4/c1-2-6-17(18(20)21)14-9-15(19)11-16(10-14)22-12-13-7-4-3-5-8-13/h3-5,7-11,17,19H,2,6,12H2,1H3,(H,20,21). The van der Waals surface area contributed by atoms with Gasteiger partial charge in [0.25, 0.3) is 0 Å². The molecule has 1 atom stereocenters. The molecule has 4 heteroatoms. The van der Waals surface area contributed by atoms with Gasteiger partial charge in [-0.05, 0) is 29.7 Å². The summed E-state index contributed by atoms with van der Waals surface area (Å²) in [6, 6.07) is 14.3. The fourth-order valence-corrected chi connectivity index (χ4v) is 2.35. The van der Waals surface area contributed by atoms with Gasteiger partial charge < -0.3 is 14.9 Å². The first-order valence-corrected chi connectivity index (χ1v) is 7.33. The van der Waals surface area contributed by atoms with Gasteiger partial charge in [-0.2, -0.15) is 0 Å². The van der Waals surface area contributed by atoms with Crippen molar-refractivity contribution in [1.29, 1.82) is 0 Å². The van der Waals surface area contributed by atoms with Crippen molar-refractivity contribution < 1.29 is 19.7 Å². The number of phenols is 1. The number of aromatic hydroxyl groups is 1. The van der Waals surface area contributed by atoms with E-state index in [1.807, 2.05) is 37.3 Å². The summed E-state index contributed by atoms with van der Waals surface area (Å²) in [6.45, 7) is 2.31. The van der Waals surface area contributed by atoms with E-state index in [0.717, 1.165) is 12.0 Å². The smallest absolute Gasteiger partial charge is 0.310 e. The van der Waals surface area contributed by atoms with Crippen LogP contribution < -0.4 is 4.74 Å². The van der Waals surface area contributed by atoms with E-state index in [-0.39, 0.29) is 5.75 Å². The summed E-state index contributed by atoms with van der Waals surface area (Å²) >= 11 is 0. The zero-order valence-electron chi connectivity index (χ0n) is 12.5. The van der Waals surface area contributed by atoms with Crippen molar-refractivity contribution >= 4 is 5.97 Å². The molecule has 2 N–H and O–H groups in total. The summed E-state index contributed by atoms with van der Waals surface area (Å²) in [6.07, 6.45) is 1.28. The van der Waals surface area contributed by atoms with Crippen LogP contribution in [0, 0.1) is 0 Å². The Labute approximate surface area is 130 Å². The quantitative estimate of drug-likeness (QED) is 0.812. The predicted octanol–water partition coefficient (Wildman–Crippen LogP) is 3.94. The Balaban J connectivity index is 2.17. The van der Waals surface area contributed by atoms with Crippen molar-refractivity contribution in [3.63, 3.8) is 0 Å². The summed E-state index contributed by atoms with van der Waals surface area (Å²) in [5.41, 5.74) is 1.58. The molecule has 2 aromatic rings. The van der Waals surface area contributed by atoms with Crippen molar-refractivity contribution in [3.8, 4) is 11.5 Å². The zero-order valence-corrected chi connectivity index (χ0v) is 12.5. The minimum absolute atomic E-state index is 0.0166. The highest BCUT2D eigenvalue weighted by Crippen LogP contribution is 2.30. The number of benzene rings is 2. The lowest BCUT2D eigenvalue weighted by atomic mass is 9.94. The van der Waals surface area contributed by atoms with Crippen LogP contribution in [0.4, 0.5) is 0 Å². The number of hydrogen-bond acceptors (Lipinski definition) is 3. The first-order valence-electron chi connectivity index (χ1n) is 7.33. The Morgan fingerprint density at radius 3 is 2.55 bits per heavy atom. The van der Waals surface area contributed by atoms with Gasteiger partial charge in [0.15, 0.2) is 0 Å². The van der Waals surface area contributed by atoms with Gasteiger partial charge in [-0.15, -0.1) is 0 Å². The van der Waals surface area contributed by atoms with Crippen LogP contribution in [-0.4, -0.2) is 16.2 Å². The SMILES string of the molecule is CCCC(C(=O)O)c1cc(O)cc(OCc2ccccc2)c1. The van der Waals surface area contributed by atoms with Crippen molar-refractivity contribution in [2.45, 2.75) is 32.3 Å². The molecule has 116 valence electrons. The molecule has 0 aliphatic rings. The molecule has 4 nitrogen and oxygen atoms in total. The summed E-state index contributed by atoms with van der Waals surface area (Å²) in [4.78, 5) is 11.4. The van der Waals surface area contributed by atoms with E-state index < -0.39 is 11.9 Å². The molecule has 0 amide bonds. The van der Waals surface area contributed by atoms with Crippen molar-refractivity contribution in [2.24, 2.45) is 0 Å². The Bertz CT molecular complexity index is 622. The third-order valence-electron chi connectivity index (χ3n) is 3.44. The van der Waals surface area contributed by atoms with Crippen LogP contribution in [0.3, 0.4) is 0 Å². The van der Waals surface area contributed by atoms with Gasteiger partial charge in [-0.25, -0.2) is 0 Å². The normalized spacial score (nSPS) is 11.9. The van der Waals surface area contributed by atoms with Crippen molar-refractivity contribution in [3.05, 3.63) is 59.7 Å². The lowest BCUT2D eigenvalue weighted by Gasteiger charge is -2.14. The van der Waals surface area contributed by atoms with Gasteiger partial charge in [0.2, 0.25) is 0 Å². The zero-order chi connectivity index (χ0) is 15.9. The van der Waals surface area contributed by atoms with E-state index in [2.05, 4.69) is 0 Å². The van der Waals surface area contributed by atoms with Gasteiger partial charge in [0.1, 0.15) is 18.1 Å². The lowest BCUT2D eigenvalue weighted by molar-refractivity contribution is -0.139. The Morgan fingerprint density at radius 2 is 1.91 bits per heavy atom. The maximum atomic E-state index is 11.4. The second-order valence-electron chi connectivity index (χ2n) is 5.21. The van der Waals surface area contributed by atoms with Crippen LogP contribution >= 0.6 is 0 Å². The Kier molecular flexibility index (Phi) is 5.42. The molecule has 2 rings (SSSR count). The molecule has 0 heterocycles. The second-order valence-corrected chi connectivity index (χ2v) is 5.21. The number of carboxylic acids is 1. The summed E-state index contributed by atoms with van der Waals surface area (Å²) < 4.78 is 5.67. The molecule has 0 aliphatic heterocycles. The molecule has 0 spiro atoms. The molecule has 22 heavy (non-hydrogen) atoms. The van der Waals surface area contributed by atoms with Crippen molar-refractivity contribution in [2.75, 3.05) is 0 Å². The number of phenolic OH excluding ortho intramolecular Hbond substituents is 1. The first kappa shape index (κ1) is 15.9. The fraction of sp³-hybridized carbons (Fsp3) is 0.278. The number of aliphatic carboxylic acids is 1. The molecule has 0 aromatic heterocycles. The first-order chi connectivity index (χ1) is 10.6. The van der Waals surface area contributed by atoms with E-state index in [1.54, 1.807) is 6.07 Å². The minimum atomic E-state index is -0.888. The average molecular weight is 300 g/mol. The van der Waals surface area contributed by atoms with Crippen LogP contribution in [0.2, 0.25) is 0 Å². The van der Waals surface area contributed by atoms with E-state index >= 15 is 0 Å². The molecule has 0 fully saturated rings. The maximum absolute atomic E-state index is 11.4. The van der Waals surface area contributed by atoms with E-state index in [9.17, 15) is 15.0 Å². The van der Waals surface area contributed by atoms with Crippen molar-refractivity contribution in [1.82, 2.24) is 0 Å². The minimum Gasteiger partial charge on any atom is -0.508 e. The molecule has 0 bridgehead atoms. The molecular weight excluding hydrogens is 280 g/mol. The highest BCUT2D eigenvalue weighted by Gasteiger charge is 2.20. The molecule has 0 aliphatic carbocycles. The molecule has 0 saturated carbocycles. The van der Waals surface area contributed by atoms with E-state index in [0.29, 0.717) is 24.3 Å². The molecule has 0 saturated heterocycles. The summed E-state index contributed by atoms with van der Waals surface area (Å²) in [7, 11) is 0. The monoisotopic (exact) mass is 300 g/mol. The highest BCUT2D eigenvalue weighted by molar-refractivity contribution is 5.76. The van der Waals surface area contributed by atoms with Crippen LogP contribution in [0.5, 0.6) is 11.5 Å². The number of carbonyl (C=O) groups is 1. The molecule has 2 aromatic carbocycles. The number of rotatable bonds is 7. The summed E-state index contributed by atoms with van der Waals surface area (Å²) in [5, 5.41) is 19.1. The molecule has 0 radical (unpaired) electrons. The second kappa shape index (κ2) is 7.50. The molecular formula is C18H20O4. The third kappa shape index (κ3) is 4.25. The largest absolute Gasteiger partial charge is 0.508 e. The predicted molar refractivity (Wildman–Crippen MR) is 84.2 cm³/mol. The topological polar surface area (TPSA) is 66.8 Å². The number of ether oxygens (including phenoxy) is 1. The third-order valence-corrected chi connectivity index (χ3v) is 3.44. The van der Waals surface area contributed by atoms with Crippen LogP contribution in [0.15, 0.2) is 48.5 Å². The van der Waals surface area contributed by atoms with Gasteiger partial charge in [0.05, 0.1) is 5.92 Å². The van der Waals surface area contributed by atoms with Gasteiger partial charge in [-0.1, -0.05) is 43.7 Å². The number of carboxylic acid groups (broad SMARTS) is 1. The fourth-order valence-electron chi connectivity index (χ4n) is 2.35. The summed E-state index contributed by atoms with van der Waals surface area (Å²) in [5.74, 6) is -1.03. The van der Waals surface area contributed by atoms with Gasteiger partial charge >= 0.3 is 5.97 Å². The highest BCUT2D eigenvalue weighted by atomic mass is 16.5. The lowest BCUT2D eigenvalue weighted by Crippen LogP contribution is -2.11. The van der Waals surface area contributed by atoms with Gasteiger partial charge in [0, 0.05) is 6.07 Å². The van der Waals surface area contributed by atoms with E-state index in [1.165, 1.54) is 12.1 Å². The Morgan fingerprint density at radius 1 is 1.18 bits per heavy atom. The molecule has 1 unspecified atom stereocenters. The van der Waals surface area contributed by atoms with Gasteiger partial charge in [-0.3, -0.25) is 4.79 Å². The number of hydrogen-bond donors (Lipinski definition) is 2. The maximum Gasteiger partial charge on any atom is 0.310 e. The van der Waals surface area contributed by atoms with Crippen LogP contribution in [-0.2, 0) is 11.4 Å². The van der Waals surface area contributed by atoms with Crippen LogP contribution in [0.25, 0.3) is 0 Å². The van der Waals surface area contributed by atoms with Crippen LogP contribution in [0.1, 0.15) is 36.8 Å².